The molecule has 1 aromatic carbocycles. The summed E-state index contributed by atoms with van der Waals surface area (Å²) in [4.78, 5) is 7.05. The number of halogens is 1. The third kappa shape index (κ3) is 2.33. The van der Waals surface area contributed by atoms with Crippen molar-refractivity contribution in [1.82, 2.24) is 14.5 Å². The molecule has 0 radical (unpaired) electrons. The standard InChI is InChI=1S/C21H22ClN3/c1-13-3-4-14(11-23-13)15-9-20-21-17(7-8-24(20)2)18-10-16(22)5-6-19(18)25(21)12-15/h3-6,10-11,15,20H,7-9,12H2,1-2H3. The Morgan fingerprint density at radius 2 is 2.08 bits per heavy atom. The van der Waals surface area contributed by atoms with Crippen LogP contribution in [-0.4, -0.2) is 28.0 Å². The van der Waals surface area contributed by atoms with E-state index in [1.165, 1.54) is 27.7 Å². The highest BCUT2D eigenvalue weighted by Gasteiger charge is 2.37. The van der Waals surface area contributed by atoms with Crippen LogP contribution in [0.1, 0.15) is 40.9 Å². The summed E-state index contributed by atoms with van der Waals surface area (Å²) in [5.41, 5.74) is 6.80. The second kappa shape index (κ2) is 5.58. The summed E-state index contributed by atoms with van der Waals surface area (Å²) in [5.74, 6) is 0.505. The Balaban J connectivity index is 1.69. The number of hydrogen-bond donors (Lipinski definition) is 0. The minimum Gasteiger partial charge on any atom is -0.342 e. The molecule has 0 N–H and O–H groups in total. The molecule has 128 valence electrons. The first-order valence-corrected chi connectivity index (χ1v) is 9.43. The van der Waals surface area contributed by atoms with E-state index in [-0.39, 0.29) is 0 Å². The van der Waals surface area contributed by atoms with Crippen molar-refractivity contribution in [3.63, 3.8) is 0 Å². The predicted octanol–water partition coefficient (Wildman–Crippen LogP) is 4.71. The molecule has 0 spiro atoms. The van der Waals surface area contributed by atoms with Gasteiger partial charge in [-0.1, -0.05) is 17.7 Å². The van der Waals surface area contributed by atoms with Gasteiger partial charge in [-0.3, -0.25) is 9.88 Å². The number of aryl methyl sites for hydroxylation is 1. The molecule has 3 nitrogen and oxygen atoms in total. The van der Waals surface area contributed by atoms with Gasteiger partial charge in [0.15, 0.2) is 0 Å². The average Bonchev–Trinajstić information content (AvgIpc) is 2.92. The number of likely N-dealkylation sites (N-methyl/N-ethyl adjacent to an activating group) is 1. The maximum absolute atomic E-state index is 6.31. The number of pyridine rings is 1. The predicted molar refractivity (Wildman–Crippen MR) is 102 cm³/mol. The van der Waals surface area contributed by atoms with Crippen LogP contribution in [0.15, 0.2) is 36.5 Å². The average molecular weight is 352 g/mol. The van der Waals surface area contributed by atoms with E-state index < -0.39 is 0 Å². The van der Waals surface area contributed by atoms with E-state index in [9.17, 15) is 0 Å². The highest BCUT2D eigenvalue weighted by atomic mass is 35.5. The van der Waals surface area contributed by atoms with E-state index in [1.54, 1.807) is 0 Å². The number of benzene rings is 1. The minimum absolute atomic E-state index is 0.481. The van der Waals surface area contributed by atoms with Crippen molar-refractivity contribution in [3.05, 3.63) is 64.1 Å². The zero-order valence-electron chi connectivity index (χ0n) is 14.7. The van der Waals surface area contributed by atoms with Gasteiger partial charge in [0.25, 0.3) is 0 Å². The number of hydrogen-bond acceptors (Lipinski definition) is 2. The molecule has 4 heterocycles. The number of nitrogens with zero attached hydrogens (tertiary/aromatic N) is 3. The number of aromatic nitrogens is 2. The zero-order valence-corrected chi connectivity index (χ0v) is 15.4. The monoisotopic (exact) mass is 351 g/mol. The van der Waals surface area contributed by atoms with Gasteiger partial charge in [-0.15, -0.1) is 0 Å². The second-order valence-electron chi connectivity index (χ2n) is 7.55. The molecule has 0 aliphatic carbocycles. The number of fused-ring (bicyclic) bond motifs is 3. The summed E-state index contributed by atoms with van der Waals surface area (Å²) in [5, 5.41) is 2.18. The Labute approximate surface area is 153 Å². The molecule has 2 aromatic heterocycles. The Bertz CT molecular complexity index is 957. The van der Waals surface area contributed by atoms with E-state index in [4.69, 9.17) is 11.6 Å². The van der Waals surface area contributed by atoms with Gasteiger partial charge < -0.3 is 4.57 Å². The Morgan fingerprint density at radius 3 is 2.88 bits per heavy atom. The fourth-order valence-electron chi connectivity index (χ4n) is 4.73. The molecule has 2 unspecified atom stereocenters. The van der Waals surface area contributed by atoms with Gasteiger partial charge in [-0.05, 0) is 62.2 Å². The summed E-state index contributed by atoms with van der Waals surface area (Å²) < 4.78 is 2.55. The summed E-state index contributed by atoms with van der Waals surface area (Å²) in [6.07, 6.45) is 4.35. The first kappa shape index (κ1) is 15.4. The fraction of sp³-hybridized carbons (Fsp3) is 0.381. The second-order valence-corrected chi connectivity index (χ2v) is 7.98. The third-order valence-corrected chi connectivity index (χ3v) is 6.29. The molecule has 5 rings (SSSR count). The Morgan fingerprint density at radius 1 is 1.20 bits per heavy atom. The van der Waals surface area contributed by atoms with Crippen LogP contribution in [0, 0.1) is 6.92 Å². The van der Waals surface area contributed by atoms with E-state index in [1.807, 2.05) is 13.0 Å². The summed E-state index contributed by atoms with van der Waals surface area (Å²) in [6.45, 7) is 4.19. The van der Waals surface area contributed by atoms with Gasteiger partial charge >= 0.3 is 0 Å². The topological polar surface area (TPSA) is 21.1 Å². The smallest absolute Gasteiger partial charge is 0.0507 e. The van der Waals surface area contributed by atoms with Crippen LogP contribution < -0.4 is 0 Å². The van der Waals surface area contributed by atoms with Crippen LogP contribution >= 0.6 is 11.6 Å². The van der Waals surface area contributed by atoms with Gasteiger partial charge in [0.2, 0.25) is 0 Å². The summed E-state index contributed by atoms with van der Waals surface area (Å²) in [6, 6.07) is 11.2. The van der Waals surface area contributed by atoms with Crippen molar-refractivity contribution in [2.24, 2.45) is 0 Å². The van der Waals surface area contributed by atoms with Gasteiger partial charge in [0.1, 0.15) is 0 Å². The zero-order chi connectivity index (χ0) is 17.1. The third-order valence-electron chi connectivity index (χ3n) is 6.05. The van der Waals surface area contributed by atoms with Gasteiger partial charge in [-0.2, -0.15) is 0 Å². The summed E-state index contributed by atoms with van der Waals surface area (Å²) >= 11 is 6.31. The molecule has 2 atom stereocenters. The van der Waals surface area contributed by atoms with Crippen LogP contribution in [0.4, 0.5) is 0 Å². The molecule has 3 aromatic rings. The van der Waals surface area contributed by atoms with Crippen LogP contribution in [0.3, 0.4) is 0 Å². The highest BCUT2D eigenvalue weighted by molar-refractivity contribution is 6.31. The molecule has 0 saturated carbocycles. The van der Waals surface area contributed by atoms with Gasteiger partial charge in [0, 0.05) is 52.5 Å². The maximum atomic E-state index is 6.31. The number of rotatable bonds is 1. The Hall–Kier alpha value is -1.84. The SMILES string of the molecule is Cc1ccc(C2CC3c4c(c5cc(Cl)ccc5n4C2)CCN3C)cn1. The van der Waals surface area contributed by atoms with Crippen LogP contribution in [-0.2, 0) is 13.0 Å². The molecule has 0 saturated heterocycles. The van der Waals surface area contributed by atoms with Crippen molar-refractivity contribution in [2.45, 2.75) is 38.3 Å². The van der Waals surface area contributed by atoms with E-state index in [2.05, 4.69) is 52.0 Å². The van der Waals surface area contributed by atoms with Crippen LogP contribution in [0.2, 0.25) is 5.02 Å². The van der Waals surface area contributed by atoms with Gasteiger partial charge in [-0.25, -0.2) is 0 Å². The molecular weight excluding hydrogens is 330 g/mol. The summed E-state index contributed by atoms with van der Waals surface area (Å²) in [7, 11) is 2.26. The first-order chi connectivity index (χ1) is 12.1. The fourth-order valence-corrected chi connectivity index (χ4v) is 4.90. The van der Waals surface area contributed by atoms with Crippen LogP contribution in [0.25, 0.3) is 10.9 Å². The van der Waals surface area contributed by atoms with E-state index in [0.29, 0.717) is 12.0 Å². The lowest BCUT2D eigenvalue weighted by atomic mass is 9.84. The maximum Gasteiger partial charge on any atom is 0.0507 e. The van der Waals surface area contributed by atoms with Crippen molar-refractivity contribution in [1.29, 1.82) is 0 Å². The first-order valence-electron chi connectivity index (χ1n) is 9.05. The molecule has 0 amide bonds. The van der Waals surface area contributed by atoms with E-state index in [0.717, 1.165) is 36.6 Å². The quantitative estimate of drug-likeness (QED) is 0.632. The lowest BCUT2D eigenvalue weighted by Gasteiger charge is -2.40. The lowest BCUT2D eigenvalue weighted by Crippen LogP contribution is -2.37. The van der Waals surface area contributed by atoms with Crippen molar-refractivity contribution < 1.29 is 0 Å². The van der Waals surface area contributed by atoms with Crippen molar-refractivity contribution in [2.75, 3.05) is 13.6 Å². The molecule has 2 aliphatic rings. The molecule has 25 heavy (non-hydrogen) atoms. The molecule has 2 aliphatic heterocycles. The molecule has 0 fully saturated rings. The van der Waals surface area contributed by atoms with Crippen molar-refractivity contribution >= 4 is 22.5 Å². The molecule has 0 bridgehead atoms. The molecular formula is C21H22ClN3. The molecule has 4 heteroatoms. The van der Waals surface area contributed by atoms with E-state index >= 15 is 0 Å². The van der Waals surface area contributed by atoms with Gasteiger partial charge in [0.05, 0.1) is 6.04 Å². The van der Waals surface area contributed by atoms with Crippen molar-refractivity contribution in [3.8, 4) is 0 Å². The normalized spacial score (nSPS) is 23.0. The largest absolute Gasteiger partial charge is 0.342 e. The van der Waals surface area contributed by atoms with Crippen LogP contribution in [0.5, 0.6) is 0 Å². The highest BCUT2D eigenvalue weighted by Crippen LogP contribution is 2.46. The minimum atomic E-state index is 0.481. The Kier molecular flexibility index (Phi) is 3.44. The lowest BCUT2D eigenvalue weighted by molar-refractivity contribution is 0.178.